The molecule has 2 heterocycles. The minimum absolute atomic E-state index is 0.0937. The number of ether oxygens (including phenoxy) is 3. The molecule has 2 aromatic carbocycles. The number of carbonyl (C=O) groups excluding carboxylic acids is 2. The summed E-state index contributed by atoms with van der Waals surface area (Å²) in [5, 5.41) is 11.4. The van der Waals surface area contributed by atoms with Crippen molar-refractivity contribution in [2.75, 3.05) is 52.6 Å². The average molecular weight is 523 g/mol. The zero-order chi connectivity index (χ0) is 26.9. The van der Waals surface area contributed by atoms with E-state index in [0.29, 0.717) is 56.5 Å². The molecule has 2 aliphatic heterocycles. The van der Waals surface area contributed by atoms with E-state index in [1.54, 1.807) is 23.1 Å². The van der Waals surface area contributed by atoms with E-state index in [1.807, 2.05) is 37.3 Å². The number of aliphatic hydroxyl groups is 1. The molecule has 4 rings (SSSR count). The van der Waals surface area contributed by atoms with Crippen molar-refractivity contribution in [1.82, 2.24) is 9.80 Å². The van der Waals surface area contributed by atoms with Gasteiger partial charge >= 0.3 is 0 Å². The molecule has 2 fully saturated rings. The highest BCUT2D eigenvalue weighted by Crippen LogP contribution is 2.40. The summed E-state index contributed by atoms with van der Waals surface area (Å²) in [7, 11) is 0. The van der Waals surface area contributed by atoms with Crippen LogP contribution in [0.3, 0.4) is 0 Å². The number of amides is 1. The topological polar surface area (TPSA) is 88.5 Å². The van der Waals surface area contributed by atoms with Crippen LogP contribution in [0, 0.1) is 0 Å². The Kier molecular flexibility index (Phi) is 9.79. The number of rotatable bonds is 12. The number of carbonyl (C=O) groups is 2. The van der Waals surface area contributed by atoms with Crippen LogP contribution in [0.1, 0.15) is 50.3 Å². The van der Waals surface area contributed by atoms with Gasteiger partial charge < -0.3 is 24.2 Å². The normalized spacial score (nSPS) is 19.6. The van der Waals surface area contributed by atoms with Gasteiger partial charge in [-0.05, 0) is 49.6 Å². The molecule has 204 valence electrons. The monoisotopic (exact) mass is 522 g/mol. The molecule has 0 radical (unpaired) electrons. The lowest BCUT2D eigenvalue weighted by Gasteiger charge is -2.29. The lowest BCUT2D eigenvalue weighted by atomic mass is 9.95. The Morgan fingerprint density at radius 2 is 1.74 bits per heavy atom. The molecule has 2 aliphatic rings. The van der Waals surface area contributed by atoms with Gasteiger partial charge in [-0.15, -0.1) is 0 Å². The minimum Gasteiger partial charge on any atom is -0.507 e. The highest BCUT2D eigenvalue weighted by atomic mass is 16.5. The fraction of sp³-hybridized carbons (Fsp3) is 0.467. The van der Waals surface area contributed by atoms with Crippen LogP contribution in [0.5, 0.6) is 11.5 Å². The van der Waals surface area contributed by atoms with E-state index in [9.17, 15) is 14.7 Å². The highest BCUT2D eigenvalue weighted by Gasteiger charge is 2.45. The van der Waals surface area contributed by atoms with Gasteiger partial charge in [0.05, 0.1) is 38.0 Å². The van der Waals surface area contributed by atoms with Gasteiger partial charge in [-0.25, -0.2) is 0 Å². The summed E-state index contributed by atoms with van der Waals surface area (Å²) in [5.74, 6) is -0.149. The Morgan fingerprint density at radius 3 is 2.45 bits per heavy atom. The van der Waals surface area contributed by atoms with Gasteiger partial charge in [-0.1, -0.05) is 37.6 Å². The molecule has 0 spiro atoms. The van der Waals surface area contributed by atoms with E-state index in [4.69, 9.17) is 14.2 Å². The lowest BCUT2D eigenvalue weighted by molar-refractivity contribution is -0.140. The molecular formula is C30H38N2O6. The summed E-state index contributed by atoms with van der Waals surface area (Å²) in [4.78, 5) is 30.5. The first-order chi connectivity index (χ1) is 18.5. The summed E-state index contributed by atoms with van der Waals surface area (Å²) >= 11 is 0. The SMILES string of the molecule is CCCCOc1cccc(/C(O)=C2\C(=O)C(=O)N(CCCN3CCOCC3)C2c2ccc(OCC)cc2)c1. The summed E-state index contributed by atoms with van der Waals surface area (Å²) in [6, 6.07) is 13.7. The molecule has 38 heavy (non-hydrogen) atoms. The van der Waals surface area contributed by atoms with Gasteiger partial charge in [-0.2, -0.15) is 0 Å². The van der Waals surface area contributed by atoms with Crippen molar-refractivity contribution in [2.45, 2.75) is 39.2 Å². The van der Waals surface area contributed by atoms with Crippen molar-refractivity contribution in [3.63, 3.8) is 0 Å². The third-order valence-electron chi connectivity index (χ3n) is 6.90. The number of Topliss-reactive ketones (excluding diaryl/α,β-unsaturated/α-hetero) is 1. The predicted molar refractivity (Wildman–Crippen MR) is 145 cm³/mol. The summed E-state index contributed by atoms with van der Waals surface area (Å²) in [6.07, 6.45) is 2.64. The number of aliphatic hydroxyl groups excluding tert-OH is 1. The number of nitrogens with zero attached hydrogens (tertiary/aromatic N) is 2. The van der Waals surface area contributed by atoms with Gasteiger partial charge in [0.25, 0.3) is 11.7 Å². The van der Waals surface area contributed by atoms with Gasteiger partial charge in [-0.3, -0.25) is 14.5 Å². The molecule has 1 atom stereocenters. The van der Waals surface area contributed by atoms with Gasteiger partial charge in [0, 0.05) is 31.7 Å². The maximum Gasteiger partial charge on any atom is 0.295 e. The van der Waals surface area contributed by atoms with Gasteiger partial charge in [0.15, 0.2) is 0 Å². The molecule has 2 saturated heterocycles. The molecule has 1 N–H and O–H groups in total. The third-order valence-corrected chi connectivity index (χ3v) is 6.90. The van der Waals surface area contributed by atoms with Gasteiger partial charge in [0.2, 0.25) is 0 Å². The summed E-state index contributed by atoms with van der Waals surface area (Å²) in [6.45, 7) is 9.45. The quantitative estimate of drug-likeness (QED) is 0.191. The Morgan fingerprint density at radius 1 is 0.974 bits per heavy atom. The average Bonchev–Trinajstić information content (AvgIpc) is 3.19. The Labute approximate surface area is 224 Å². The largest absolute Gasteiger partial charge is 0.507 e. The fourth-order valence-corrected chi connectivity index (χ4v) is 4.88. The van der Waals surface area contributed by atoms with Crippen molar-refractivity contribution in [3.8, 4) is 11.5 Å². The van der Waals surface area contributed by atoms with Gasteiger partial charge in [0.1, 0.15) is 17.3 Å². The molecular weight excluding hydrogens is 484 g/mol. The van der Waals surface area contributed by atoms with E-state index in [0.717, 1.165) is 38.0 Å². The molecule has 1 amide bonds. The number of likely N-dealkylation sites (tertiary alicyclic amines) is 1. The zero-order valence-corrected chi connectivity index (χ0v) is 22.4. The highest BCUT2D eigenvalue weighted by molar-refractivity contribution is 6.46. The zero-order valence-electron chi connectivity index (χ0n) is 22.4. The minimum atomic E-state index is -0.694. The van der Waals surface area contributed by atoms with Crippen molar-refractivity contribution in [1.29, 1.82) is 0 Å². The second-order valence-electron chi connectivity index (χ2n) is 9.53. The number of benzene rings is 2. The van der Waals surface area contributed by atoms with Crippen LogP contribution in [-0.2, 0) is 14.3 Å². The van der Waals surface area contributed by atoms with E-state index >= 15 is 0 Å². The number of hydrogen-bond acceptors (Lipinski definition) is 7. The van der Waals surface area contributed by atoms with E-state index < -0.39 is 17.7 Å². The lowest BCUT2D eigenvalue weighted by Crippen LogP contribution is -2.38. The molecule has 0 aliphatic carbocycles. The van der Waals surface area contributed by atoms with E-state index in [1.165, 1.54) is 0 Å². The maximum absolute atomic E-state index is 13.4. The van der Waals surface area contributed by atoms with Crippen molar-refractivity contribution >= 4 is 17.4 Å². The second-order valence-corrected chi connectivity index (χ2v) is 9.53. The molecule has 1 unspecified atom stereocenters. The fourth-order valence-electron chi connectivity index (χ4n) is 4.88. The molecule has 0 aromatic heterocycles. The summed E-state index contributed by atoms with van der Waals surface area (Å²) < 4.78 is 16.8. The summed E-state index contributed by atoms with van der Waals surface area (Å²) in [5.41, 5.74) is 1.29. The van der Waals surface area contributed by atoms with Crippen LogP contribution in [0.25, 0.3) is 5.76 Å². The number of morpholine rings is 1. The van der Waals surface area contributed by atoms with Crippen LogP contribution in [0.15, 0.2) is 54.1 Å². The van der Waals surface area contributed by atoms with Crippen molar-refractivity contribution in [3.05, 3.63) is 65.2 Å². The first-order valence-electron chi connectivity index (χ1n) is 13.6. The van der Waals surface area contributed by atoms with Crippen LogP contribution < -0.4 is 9.47 Å². The van der Waals surface area contributed by atoms with Crippen LogP contribution >= 0.6 is 0 Å². The third kappa shape index (κ3) is 6.55. The van der Waals surface area contributed by atoms with Crippen LogP contribution in [0.2, 0.25) is 0 Å². The van der Waals surface area contributed by atoms with Crippen molar-refractivity contribution in [2.24, 2.45) is 0 Å². The Hall–Kier alpha value is -3.36. The molecule has 2 aromatic rings. The predicted octanol–water partition coefficient (Wildman–Crippen LogP) is 4.41. The molecule has 0 bridgehead atoms. The number of unbranched alkanes of at least 4 members (excludes halogenated alkanes) is 1. The van der Waals surface area contributed by atoms with E-state index in [2.05, 4.69) is 11.8 Å². The Bertz CT molecular complexity index is 1120. The molecule has 8 heteroatoms. The second kappa shape index (κ2) is 13.4. The smallest absolute Gasteiger partial charge is 0.295 e. The first kappa shape index (κ1) is 27.7. The molecule has 0 saturated carbocycles. The number of hydrogen-bond donors (Lipinski definition) is 1. The van der Waals surface area contributed by atoms with Crippen LogP contribution in [-0.4, -0.2) is 79.2 Å². The van der Waals surface area contributed by atoms with E-state index in [-0.39, 0.29) is 11.3 Å². The first-order valence-corrected chi connectivity index (χ1v) is 13.6. The maximum atomic E-state index is 13.4. The molecule has 8 nitrogen and oxygen atoms in total. The standard InChI is InChI=1S/C30H38N2O6/c1-3-5-18-38-25-9-6-8-23(21-25)28(33)26-27(22-10-12-24(13-11-22)37-4-2)32(30(35)29(26)34)15-7-14-31-16-19-36-20-17-31/h6,8-13,21,27,33H,3-5,7,14-20H2,1-2H3/b28-26+. The number of ketones is 1. The van der Waals surface area contributed by atoms with Crippen molar-refractivity contribution < 1.29 is 28.9 Å². The Balaban J connectivity index is 1.65. The van der Waals surface area contributed by atoms with Crippen LogP contribution in [0.4, 0.5) is 0 Å².